The number of carbonyl (C=O) groups is 3. The van der Waals surface area contributed by atoms with Gasteiger partial charge in [-0.1, -0.05) is 26.8 Å². The van der Waals surface area contributed by atoms with Gasteiger partial charge in [-0.3, -0.25) is 14.5 Å². The Kier molecular flexibility index (Phi) is 11.2. The van der Waals surface area contributed by atoms with Gasteiger partial charge >= 0.3 is 12.0 Å². The second-order valence-electron chi connectivity index (χ2n) is 8.50. The van der Waals surface area contributed by atoms with E-state index in [0.29, 0.717) is 32.6 Å². The lowest BCUT2D eigenvalue weighted by molar-refractivity contribution is -0.146. The third kappa shape index (κ3) is 6.55. The van der Waals surface area contributed by atoms with Crippen LogP contribution >= 0.6 is 0 Å². The molecule has 0 aliphatic carbocycles. The summed E-state index contributed by atoms with van der Waals surface area (Å²) in [5, 5.41) is 9.42. The normalized spacial score (nSPS) is 16.6. The lowest BCUT2D eigenvalue weighted by Crippen LogP contribution is -2.51. The minimum Gasteiger partial charge on any atom is -0.481 e. The molecule has 1 aliphatic heterocycles. The monoisotopic (exact) mass is 438 g/mol. The van der Waals surface area contributed by atoms with Crippen LogP contribution < -0.4 is 0 Å². The number of urea groups is 1. The number of hydrogen-bond acceptors (Lipinski definition) is 4. The number of ether oxygens (including phenoxy) is 1. The number of amides is 3. The quantitative estimate of drug-likeness (QED) is 0.199. The van der Waals surface area contributed by atoms with Gasteiger partial charge in [-0.05, 0) is 64.7 Å². The first-order chi connectivity index (χ1) is 14.8. The molecule has 3 amide bonds. The molecule has 0 aromatic heterocycles. The molecule has 7 heteroatoms. The van der Waals surface area contributed by atoms with Gasteiger partial charge in [0.15, 0.2) is 0 Å². The number of likely N-dealkylation sites (N-methyl/N-ethyl adjacent to an activating group) is 1. The average Bonchev–Trinajstić information content (AvgIpc) is 3.06. The van der Waals surface area contributed by atoms with E-state index in [4.69, 9.17) is 4.74 Å². The molecule has 178 valence electrons. The van der Waals surface area contributed by atoms with Crippen LogP contribution in [0.1, 0.15) is 85.5 Å². The fraction of sp³-hybridized carbons (Fsp3) is 0.792. The van der Waals surface area contributed by atoms with Crippen molar-refractivity contribution < 1.29 is 24.2 Å². The van der Waals surface area contributed by atoms with Gasteiger partial charge in [-0.25, -0.2) is 4.79 Å². The van der Waals surface area contributed by atoms with E-state index in [1.54, 1.807) is 11.0 Å². The molecule has 1 rings (SSSR count). The number of carbonyl (C=O) groups excluding carboxylic acids is 2. The molecular weight excluding hydrogens is 396 g/mol. The van der Waals surface area contributed by atoms with E-state index >= 15 is 0 Å². The molecule has 7 nitrogen and oxygen atoms in total. The predicted octanol–water partition coefficient (Wildman–Crippen LogP) is 4.85. The minimum atomic E-state index is -0.832. The third-order valence-corrected chi connectivity index (χ3v) is 7.00. The Hall–Kier alpha value is -1.89. The van der Waals surface area contributed by atoms with Crippen molar-refractivity contribution in [1.29, 1.82) is 0 Å². The van der Waals surface area contributed by atoms with Crippen molar-refractivity contribution in [3.63, 3.8) is 0 Å². The fourth-order valence-electron chi connectivity index (χ4n) is 4.47. The SMILES string of the molecule is C=CC(CC)(CCCCOCCCCC(CC)(CC)N1C(=O)CN(CC)C1=O)C(=O)O. The number of rotatable bonds is 17. The highest BCUT2D eigenvalue weighted by Crippen LogP contribution is 2.34. The van der Waals surface area contributed by atoms with Crippen LogP contribution in [0.2, 0.25) is 0 Å². The Bertz CT molecular complexity index is 617. The molecule has 0 bridgehead atoms. The van der Waals surface area contributed by atoms with Gasteiger partial charge in [-0.2, -0.15) is 0 Å². The standard InChI is InChI=1S/C24H42N2O5/c1-6-23(7-2,21(28)29)15-11-13-17-31-18-14-12-16-24(8-3,9-4)26-20(27)19-25(10-5)22(26)30/h6H,1,7-19H2,2-5H3,(H,28,29). The molecule has 1 saturated heterocycles. The van der Waals surface area contributed by atoms with Crippen LogP contribution in [-0.2, 0) is 14.3 Å². The van der Waals surface area contributed by atoms with Crippen LogP contribution in [0.25, 0.3) is 0 Å². The molecule has 0 saturated carbocycles. The van der Waals surface area contributed by atoms with Gasteiger partial charge in [0.05, 0.1) is 11.0 Å². The third-order valence-electron chi connectivity index (χ3n) is 7.00. The van der Waals surface area contributed by atoms with Crippen molar-refractivity contribution >= 4 is 17.9 Å². The van der Waals surface area contributed by atoms with E-state index in [1.165, 1.54) is 4.90 Å². The van der Waals surface area contributed by atoms with E-state index in [-0.39, 0.29) is 18.5 Å². The van der Waals surface area contributed by atoms with Crippen LogP contribution in [0.5, 0.6) is 0 Å². The first-order valence-electron chi connectivity index (χ1n) is 11.8. The number of unbranched alkanes of at least 4 members (excludes halogenated alkanes) is 2. The van der Waals surface area contributed by atoms with E-state index in [1.807, 2.05) is 27.7 Å². The Labute approximate surface area is 187 Å². The summed E-state index contributed by atoms with van der Waals surface area (Å²) in [4.78, 5) is 39.8. The number of hydrogen-bond donors (Lipinski definition) is 1. The van der Waals surface area contributed by atoms with E-state index in [0.717, 1.165) is 44.9 Å². The van der Waals surface area contributed by atoms with Crippen LogP contribution in [0.15, 0.2) is 12.7 Å². The number of carboxylic acids is 1. The molecule has 0 radical (unpaired) electrons. The second kappa shape index (κ2) is 12.8. The largest absolute Gasteiger partial charge is 0.481 e. The van der Waals surface area contributed by atoms with Crippen molar-refractivity contribution in [1.82, 2.24) is 9.80 Å². The van der Waals surface area contributed by atoms with Gasteiger partial charge in [-0.15, -0.1) is 6.58 Å². The zero-order valence-electron chi connectivity index (χ0n) is 20.0. The van der Waals surface area contributed by atoms with Crippen LogP contribution in [0, 0.1) is 5.41 Å². The first-order valence-corrected chi connectivity index (χ1v) is 11.8. The van der Waals surface area contributed by atoms with Gasteiger partial charge in [0.25, 0.3) is 5.91 Å². The molecule has 31 heavy (non-hydrogen) atoms. The number of aliphatic carboxylic acids is 1. The smallest absolute Gasteiger partial charge is 0.327 e. The highest BCUT2D eigenvalue weighted by atomic mass is 16.5. The molecular formula is C24H42N2O5. The van der Waals surface area contributed by atoms with E-state index in [9.17, 15) is 19.5 Å². The maximum atomic E-state index is 12.7. The molecule has 1 fully saturated rings. The summed E-state index contributed by atoms with van der Waals surface area (Å²) in [6, 6.07) is -0.156. The Morgan fingerprint density at radius 2 is 1.61 bits per heavy atom. The fourth-order valence-corrected chi connectivity index (χ4v) is 4.47. The molecule has 1 atom stereocenters. The summed E-state index contributed by atoms with van der Waals surface area (Å²) < 4.78 is 5.73. The van der Waals surface area contributed by atoms with Crippen molar-refractivity contribution in [2.45, 2.75) is 91.0 Å². The molecule has 1 N–H and O–H groups in total. The van der Waals surface area contributed by atoms with Crippen molar-refractivity contribution in [2.75, 3.05) is 26.3 Å². The number of nitrogens with zero attached hydrogens (tertiary/aromatic N) is 2. The number of imide groups is 1. The predicted molar refractivity (Wildman–Crippen MR) is 122 cm³/mol. The molecule has 0 aromatic carbocycles. The molecule has 1 heterocycles. The van der Waals surface area contributed by atoms with Gasteiger partial charge < -0.3 is 14.7 Å². The Morgan fingerprint density at radius 1 is 1.03 bits per heavy atom. The summed E-state index contributed by atoms with van der Waals surface area (Å²) in [7, 11) is 0. The first kappa shape index (κ1) is 27.1. The van der Waals surface area contributed by atoms with Crippen LogP contribution in [0.3, 0.4) is 0 Å². The maximum Gasteiger partial charge on any atom is 0.327 e. The lowest BCUT2D eigenvalue weighted by atomic mass is 9.80. The highest BCUT2D eigenvalue weighted by Gasteiger charge is 2.46. The topological polar surface area (TPSA) is 87.2 Å². The summed E-state index contributed by atoms with van der Waals surface area (Å²) in [6.45, 7) is 13.5. The minimum absolute atomic E-state index is 0.0872. The molecule has 0 spiro atoms. The molecule has 0 aromatic rings. The van der Waals surface area contributed by atoms with Crippen LogP contribution in [-0.4, -0.2) is 64.7 Å². The highest BCUT2D eigenvalue weighted by molar-refractivity contribution is 6.02. The zero-order chi connectivity index (χ0) is 23.5. The van der Waals surface area contributed by atoms with Crippen molar-refractivity contribution in [3.8, 4) is 0 Å². The molecule has 1 aliphatic rings. The summed E-state index contributed by atoms with van der Waals surface area (Å²) in [6.07, 6.45) is 8.34. The van der Waals surface area contributed by atoms with Gasteiger partial charge in [0.1, 0.15) is 6.54 Å². The summed E-state index contributed by atoms with van der Waals surface area (Å²) in [5.41, 5.74) is -1.25. The summed E-state index contributed by atoms with van der Waals surface area (Å²) in [5.74, 6) is -0.894. The van der Waals surface area contributed by atoms with Gasteiger partial charge in [0, 0.05) is 19.8 Å². The maximum absolute atomic E-state index is 12.7. The lowest BCUT2D eigenvalue weighted by Gasteiger charge is -2.39. The van der Waals surface area contributed by atoms with Crippen molar-refractivity contribution in [2.24, 2.45) is 5.41 Å². The average molecular weight is 439 g/mol. The van der Waals surface area contributed by atoms with E-state index in [2.05, 4.69) is 6.58 Å². The van der Waals surface area contributed by atoms with E-state index < -0.39 is 16.9 Å². The van der Waals surface area contributed by atoms with Crippen molar-refractivity contribution in [3.05, 3.63) is 12.7 Å². The molecule has 1 unspecified atom stereocenters. The van der Waals surface area contributed by atoms with Gasteiger partial charge in [0.2, 0.25) is 0 Å². The number of carboxylic acid groups (broad SMARTS) is 1. The Morgan fingerprint density at radius 3 is 2.03 bits per heavy atom. The van der Waals surface area contributed by atoms with Crippen LogP contribution in [0.4, 0.5) is 4.79 Å². The summed E-state index contributed by atoms with van der Waals surface area (Å²) >= 11 is 0. The second-order valence-corrected chi connectivity index (χ2v) is 8.50. The Balaban J connectivity index is 2.37. The zero-order valence-corrected chi connectivity index (χ0v) is 20.0.